The number of allylic oxidation sites excluding steroid dienone is 2. The van der Waals surface area contributed by atoms with Gasteiger partial charge in [-0.05, 0) is 36.8 Å². The number of rotatable bonds is 6. The number of alkyl halides is 2. The van der Waals surface area contributed by atoms with Crippen LogP contribution in [0, 0.1) is 17.8 Å². The van der Waals surface area contributed by atoms with Crippen LogP contribution < -0.4 is 10.1 Å². The lowest BCUT2D eigenvalue weighted by Gasteiger charge is -2.16. The number of nitrogens with one attached hydrogen (secondary N) is 1. The van der Waals surface area contributed by atoms with Crippen LogP contribution in [0.2, 0.25) is 0 Å². The van der Waals surface area contributed by atoms with E-state index in [1.54, 1.807) is 6.07 Å². The molecule has 24 heavy (non-hydrogen) atoms. The Morgan fingerprint density at radius 2 is 2.00 bits per heavy atom. The number of carbonyl (C=O) groups is 2. The van der Waals surface area contributed by atoms with Crippen molar-refractivity contribution in [1.82, 2.24) is 0 Å². The van der Waals surface area contributed by atoms with Gasteiger partial charge in [0, 0.05) is 0 Å². The molecule has 0 aliphatic heterocycles. The molecule has 0 saturated heterocycles. The molecule has 0 unspecified atom stereocenters. The van der Waals surface area contributed by atoms with Gasteiger partial charge in [-0.3, -0.25) is 9.59 Å². The fourth-order valence-electron chi connectivity index (χ4n) is 3.25. The molecule has 5 nitrogen and oxygen atoms in total. The van der Waals surface area contributed by atoms with Crippen molar-refractivity contribution in [2.24, 2.45) is 17.8 Å². The highest BCUT2D eigenvalue weighted by atomic mass is 19.3. The zero-order valence-corrected chi connectivity index (χ0v) is 12.8. The van der Waals surface area contributed by atoms with Gasteiger partial charge in [0.1, 0.15) is 5.75 Å². The number of halogens is 2. The van der Waals surface area contributed by atoms with Crippen molar-refractivity contribution < 1.29 is 27.8 Å². The van der Waals surface area contributed by atoms with E-state index in [2.05, 4.69) is 16.1 Å². The minimum atomic E-state index is -2.99. The summed E-state index contributed by atoms with van der Waals surface area (Å²) < 4.78 is 34.0. The SMILES string of the molecule is O=C(COC(=O)[C@@H]1C[C@H]2C=C[C@H]1C2)Nc1ccccc1OC(F)F. The highest BCUT2D eigenvalue weighted by molar-refractivity contribution is 5.94. The summed E-state index contributed by atoms with van der Waals surface area (Å²) in [5.41, 5.74) is 0.0988. The summed E-state index contributed by atoms with van der Waals surface area (Å²) in [5, 5.41) is 2.41. The molecule has 0 radical (unpaired) electrons. The van der Waals surface area contributed by atoms with Gasteiger partial charge in [-0.15, -0.1) is 0 Å². The topological polar surface area (TPSA) is 64.6 Å². The maximum atomic E-state index is 12.3. The summed E-state index contributed by atoms with van der Waals surface area (Å²) in [5.74, 6) is -0.704. The first-order chi connectivity index (χ1) is 11.5. The first kappa shape index (κ1) is 16.4. The molecule has 0 heterocycles. The van der Waals surface area contributed by atoms with Crippen molar-refractivity contribution in [3.8, 4) is 5.75 Å². The Bertz CT molecular complexity index is 662. The lowest BCUT2D eigenvalue weighted by atomic mass is 9.94. The van der Waals surface area contributed by atoms with Gasteiger partial charge in [0.15, 0.2) is 6.61 Å². The van der Waals surface area contributed by atoms with Crippen molar-refractivity contribution >= 4 is 17.6 Å². The summed E-state index contributed by atoms with van der Waals surface area (Å²) in [4.78, 5) is 23.9. The quantitative estimate of drug-likeness (QED) is 0.640. The van der Waals surface area contributed by atoms with Crippen LogP contribution in [0.1, 0.15) is 12.8 Å². The predicted molar refractivity (Wildman–Crippen MR) is 81.5 cm³/mol. The van der Waals surface area contributed by atoms with Crippen molar-refractivity contribution in [3.63, 3.8) is 0 Å². The molecule has 1 aromatic rings. The summed E-state index contributed by atoms with van der Waals surface area (Å²) in [6.45, 7) is -3.45. The Morgan fingerprint density at radius 3 is 2.67 bits per heavy atom. The number of para-hydroxylation sites is 2. The first-order valence-electron chi connectivity index (χ1n) is 7.71. The molecule has 0 aromatic heterocycles. The van der Waals surface area contributed by atoms with E-state index in [-0.39, 0.29) is 29.2 Å². The predicted octanol–water partition coefficient (Wildman–Crippen LogP) is 2.98. The molecule has 128 valence electrons. The third-order valence-electron chi connectivity index (χ3n) is 4.30. The number of carbonyl (C=O) groups excluding carboxylic acids is 2. The number of anilines is 1. The molecule has 7 heteroatoms. The number of amides is 1. The molecular formula is C17H17F2NO4. The molecule has 1 N–H and O–H groups in total. The highest BCUT2D eigenvalue weighted by Gasteiger charge is 2.40. The molecule has 1 saturated carbocycles. The van der Waals surface area contributed by atoms with Crippen LogP contribution in [0.15, 0.2) is 36.4 Å². The van der Waals surface area contributed by atoms with Crippen LogP contribution >= 0.6 is 0 Å². The number of esters is 1. The van der Waals surface area contributed by atoms with Gasteiger partial charge in [0.2, 0.25) is 0 Å². The molecule has 2 aliphatic carbocycles. The summed E-state index contributed by atoms with van der Waals surface area (Å²) >= 11 is 0. The van der Waals surface area contributed by atoms with Crippen LogP contribution in [0.3, 0.4) is 0 Å². The Hall–Kier alpha value is -2.44. The average molecular weight is 337 g/mol. The van der Waals surface area contributed by atoms with Gasteiger partial charge in [-0.1, -0.05) is 24.3 Å². The van der Waals surface area contributed by atoms with E-state index in [1.807, 2.05) is 6.08 Å². The van der Waals surface area contributed by atoms with Crippen LogP contribution in [-0.4, -0.2) is 25.1 Å². The number of hydrogen-bond donors (Lipinski definition) is 1. The fraction of sp³-hybridized carbons (Fsp3) is 0.412. The largest absolute Gasteiger partial charge is 0.455 e. The Labute approximate surface area is 137 Å². The molecule has 1 amide bonds. The second kappa shape index (κ2) is 6.98. The van der Waals surface area contributed by atoms with Gasteiger partial charge in [-0.2, -0.15) is 8.78 Å². The molecule has 0 spiro atoms. The van der Waals surface area contributed by atoms with Crippen molar-refractivity contribution in [3.05, 3.63) is 36.4 Å². The van der Waals surface area contributed by atoms with Gasteiger partial charge in [-0.25, -0.2) is 0 Å². The van der Waals surface area contributed by atoms with Crippen LogP contribution in [-0.2, 0) is 14.3 Å². The lowest BCUT2D eigenvalue weighted by Crippen LogP contribution is -2.26. The average Bonchev–Trinajstić information content (AvgIpc) is 3.17. The van der Waals surface area contributed by atoms with Gasteiger partial charge in [0.25, 0.3) is 5.91 Å². The number of benzene rings is 1. The molecule has 3 atom stereocenters. The van der Waals surface area contributed by atoms with Crippen LogP contribution in [0.5, 0.6) is 5.75 Å². The minimum absolute atomic E-state index is 0.0988. The zero-order valence-electron chi connectivity index (χ0n) is 12.8. The Balaban J connectivity index is 1.51. The van der Waals surface area contributed by atoms with Crippen molar-refractivity contribution in [2.45, 2.75) is 19.5 Å². The normalized spacial score (nSPS) is 24.2. The van der Waals surface area contributed by atoms with E-state index in [0.717, 1.165) is 12.8 Å². The van der Waals surface area contributed by atoms with E-state index in [9.17, 15) is 18.4 Å². The molecule has 1 aromatic carbocycles. The summed E-state index contributed by atoms with van der Waals surface area (Å²) in [6, 6.07) is 5.82. The highest BCUT2D eigenvalue weighted by Crippen LogP contribution is 2.43. The minimum Gasteiger partial charge on any atom is -0.455 e. The van der Waals surface area contributed by atoms with Crippen molar-refractivity contribution in [2.75, 3.05) is 11.9 Å². The number of ether oxygens (including phenoxy) is 2. The lowest BCUT2D eigenvalue weighted by molar-refractivity contribution is -0.152. The monoisotopic (exact) mass is 337 g/mol. The standard InChI is InChI=1S/C17H17F2NO4/c18-17(19)24-14-4-2-1-3-13(14)20-15(21)9-23-16(22)12-8-10-5-6-11(12)7-10/h1-6,10-12,17H,7-9H2,(H,20,21)/t10-,11-,12+/m0/s1. The maximum absolute atomic E-state index is 12.3. The second-order valence-electron chi connectivity index (χ2n) is 5.92. The van der Waals surface area contributed by atoms with E-state index < -0.39 is 19.1 Å². The smallest absolute Gasteiger partial charge is 0.387 e. The Kier molecular flexibility index (Phi) is 4.78. The molecule has 2 aliphatic rings. The summed E-state index contributed by atoms with van der Waals surface area (Å²) in [7, 11) is 0. The van der Waals surface area contributed by atoms with E-state index in [4.69, 9.17) is 4.74 Å². The van der Waals surface area contributed by atoms with Crippen LogP contribution in [0.4, 0.5) is 14.5 Å². The van der Waals surface area contributed by atoms with E-state index >= 15 is 0 Å². The third-order valence-corrected chi connectivity index (χ3v) is 4.30. The molecular weight excluding hydrogens is 320 g/mol. The maximum Gasteiger partial charge on any atom is 0.387 e. The zero-order chi connectivity index (χ0) is 17.1. The molecule has 1 fully saturated rings. The molecule has 2 bridgehead atoms. The first-order valence-corrected chi connectivity index (χ1v) is 7.71. The van der Waals surface area contributed by atoms with Crippen molar-refractivity contribution in [1.29, 1.82) is 0 Å². The second-order valence-corrected chi connectivity index (χ2v) is 5.92. The van der Waals surface area contributed by atoms with Crippen LogP contribution in [0.25, 0.3) is 0 Å². The fourth-order valence-corrected chi connectivity index (χ4v) is 3.25. The van der Waals surface area contributed by atoms with Gasteiger partial charge < -0.3 is 14.8 Å². The van der Waals surface area contributed by atoms with E-state index in [0.29, 0.717) is 5.92 Å². The van der Waals surface area contributed by atoms with E-state index in [1.165, 1.54) is 18.2 Å². The molecule has 3 rings (SSSR count). The number of hydrogen-bond acceptors (Lipinski definition) is 4. The number of fused-ring (bicyclic) bond motifs is 2. The third kappa shape index (κ3) is 3.72. The van der Waals surface area contributed by atoms with Gasteiger partial charge in [0.05, 0.1) is 11.6 Å². The Morgan fingerprint density at radius 1 is 1.21 bits per heavy atom. The summed E-state index contributed by atoms with van der Waals surface area (Å²) in [6.07, 6.45) is 5.86. The van der Waals surface area contributed by atoms with Gasteiger partial charge >= 0.3 is 12.6 Å².